The van der Waals surface area contributed by atoms with Crippen LogP contribution in [0.25, 0.3) is 0 Å². The van der Waals surface area contributed by atoms with Crippen molar-refractivity contribution in [3.63, 3.8) is 0 Å². The summed E-state index contributed by atoms with van der Waals surface area (Å²) in [4.78, 5) is 17.0. The number of hydrogen-bond donors (Lipinski definition) is 1. The Morgan fingerprint density at radius 2 is 1.92 bits per heavy atom. The molecule has 0 aromatic heterocycles. The van der Waals surface area contributed by atoms with E-state index in [1.54, 1.807) is 0 Å². The van der Waals surface area contributed by atoms with Crippen LogP contribution in [0.1, 0.15) is 25.8 Å². The molecule has 1 aromatic carbocycles. The summed E-state index contributed by atoms with van der Waals surface area (Å²) >= 11 is 0. The number of rotatable bonds is 5. The van der Waals surface area contributed by atoms with E-state index in [4.69, 9.17) is 4.74 Å². The molecule has 2 aliphatic heterocycles. The smallest absolute Gasteiger partial charge is 0.318 e. The monoisotopic (exact) mass is 331 g/mol. The van der Waals surface area contributed by atoms with Crippen molar-refractivity contribution in [2.45, 2.75) is 38.3 Å². The lowest BCUT2D eigenvalue weighted by atomic mass is 9.89. The van der Waals surface area contributed by atoms with Crippen LogP contribution >= 0.6 is 0 Å². The van der Waals surface area contributed by atoms with E-state index in [2.05, 4.69) is 48.3 Å². The first kappa shape index (κ1) is 17.2. The average Bonchev–Trinajstić information content (AvgIpc) is 2.55. The highest BCUT2D eigenvalue weighted by Gasteiger charge is 2.39. The quantitative estimate of drug-likeness (QED) is 0.899. The van der Waals surface area contributed by atoms with Gasteiger partial charge in [-0.1, -0.05) is 30.3 Å². The lowest BCUT2D eigenvalue weighted by Crippen LogP contribution is -2.63. The summed E-state index contributed by atoms with van der Waals surface area (Å²) < 4.78 is 5.44. The molecule has 3 rings (SSSR count). The number of morpholine rings is 1. The molecule has 2 amide bonds. The minimum absolute atomic E-state index is 0.0135. The lowest BCUT2D eigenvalue weighted by molar-refractivity contribution is 0.0304. The van der Waals surface area contributed by atoms with Crippen molar-refractivity contribution in [3.05, 3.63) is 35.9 Å². The van der Waals surface area contributed by atoms with Crippen LogP contribution in [0.3, 0.4) is 0 Å². The van der Waals surface area contributed by atoms with Gasteiger partial charge in [-0.15, -0.1) is 0 Å². The maximum atomic E-state index is 12.7. The fourth-order valence-corrected chi connectivity index (χ4v) is 3.46. The van der Waals surface area contributed by atoms with Crippen LogP contribution in [0, 0.1) is 0 Å². The van der Waals surface area contributed by atoms with E-state index in [-0.39, 0.29) is 17.6 Å². The molecule has 0 saturated carbocycles. The van der Waals surface area contributed by atoms with E-state index in [1.165, 1.54) is 5.56 Å². The summed E-state index contributed by atoms with van der Waals surface area (Å²) in [6.07, 6.45) is 1.94. The van der Waals surface area contributed by atoms with Crippen LogP contribution in [0.2, 0.25) is 0 Å². The van der Waals surface area contributed by atoms with Gasteiger partial charge in [-0.2, -0.15) is 0 Å². The van der Waals surface area contributed by atoms with Crippen molar-refractivity contribution >= 4 is 6.03 Å². The second-order valence-corrected chi connectivity index (χ2v) is 7.46. The third-order valence-corrected chi connectivity index (χ3v) is 5.16. The SMILES string of the molecule is CC1(C)CCN1C(=O)NC(Cc1ccccc1)CN1CCOCC1. The fraction of sp³-hybridized carbons (Fsp3) is 0.632. The molecule has 1 atom stereocenters. The molecule has 0 bridgehead atoms. The molecule has 1 aromatic rings. The lowest BCUT2D eigenvalue weighted by Gasteiger charge is -2.48. The van der Waals surface area contributed by atoms with Crippen molar-refractivity contribution in [2.24, 2.45) is 0 Å². The number of benzene rings is 1. The van der Waals surface area contributed by atoms with Gasteiger partial charge in [0.15, 0.2) is 0 Å². The molecule has 0 radical (unpaired) electrons. The van der Waals surface area contributed by atoms with Crippen molar-refractivity contribution < 1.29 is 9.53 Å². The van der Waals surface area contributed by atoms with E-state index in [1.807, 2.05) is 11.0 Å². The molecule has 2 fully saturated rings. The number of nitrogens with one attached hydrogen (secondary N) is 1. The zero-order valence-corrected chi connectivity index (χ0v) is 14.8. The summed E-state index contributed by atoms with van der Waals surface area (Å²) in [5.41, 5.74) is 1.25. The predicted molar refractivity (Wildman–Crippen MR) is 95.1 cm³/mol. The van der Waals surface area contributed by atoms with Gasteiger partial charge in [0.25, 0.3) is 0 Å². The van der Waals surface area contributed by atoms with Gasteiger partial charge in [0.1, 0.15) is 0 Å². The number of carbonyl (C=O) groups is 1. The average molecular weight is 331 g/mol. The zero-order valence-electron chi connectivity index (χ0n) is 14.8. The van der Waals surface area contributed by atoms with Gasteiger partial charge < -0.3 is 15.0 Å². The van der Waals surface area contributed by atoms with Gasteiger partial charge >= 0.3 is 6.03 Å². The molecule has 1 N–H and O–H groups in total. The first-order valence-electron chi connectivity index (χ1n) is 8.97. The number of likely N-dealkylation sites (tertiary alicyclic amines) is 1. The van der Waals surface area contributed by atoms with E-state index in [0.29, 0.717) is 0 Å². The van der Waals surface area contributed by atoms with E-state index < -0.39 is 0 Å². The Kier molecular flexibility index (Phi) is 5.41. The number of nitrogens with zero attached hydrogens (tertiary/aromatic N) is 2. The van der Waals surface area contributed by atoms with Crippen LogP contribution in [-0.4, -0.2) is 66.8 Å². The summed E-state index contributed by atoms with van der Waals surface area (Å²) in [7, 11) is 0. The van der Waals surface area contributed by atoms with E-state index in [9.17, 15) is 4.79 Å². The van der Waals surface area contributed by atoms with Gasteiger partial charge in [-0.3, -0.25) is 4.90 Å². The van der Waals surface area contributed by atoms with Crippen LogP contribution in [0.4, 0.5) is 4.79 Å². The largest absolute Gasteiger partial charge is 0.379 e. The molecule has 2 saturated heterocycles. The molecule has 2 aliphatic rings. The van der Waals surface area contributed by atoms with E-state index in [0.717, 1.165) is 52.2 Å². The normalized spacial score (nSPS) is 21.8. The third-order valence-electron chi connectivity index (χ3n) is 5.16. The minimum atomic E-state index is -0.0135. The third kappa shape index (κ3) is 4.28. The molecule has 2 heterocycles. The Bertz CT molecular complexity index is 541. The molecule has 5 nitrogen and oxygen atoms in total. The number of carbonyl (C=O) groups excluding carboxylic acids is 1. The molecular formula is C19H29N3O2. The highest BCUT2D eigenvalue weighted by molar-refractivity contribution is 5.76. The maximum Gasteiger partial charge on any atom is 0.318 e. The molecule has 24 heavy (non-hydrogen) atoms. The fourth-order valence-electron chi connectivity index (χ4n) is 3.46. The number of ether oxygens (including phenoxy) is 1. The number of hydrogen-bond acceptors (Lipinski definition) is 3. The topological polar surface area (TPSA) is 44.8 Å². The Labute approximate surface area is 145 Å². The number of urea groups is 1. The Balaban J connectivity index is 1.63. The van der Waals surface area contributed by atoms with Crippen LogP contribution in [0.5, 0.6) is 0 Å². The molecule has 0 spiro atoms. The first-order valence-corrected chi connectivity index (χ1v) is 8.97. The van der Waals surface area contributed by atoms with Crippen LogP contribution < -0.4 is 5.32 Å². The molecule has 0 aliphatic carbocycles. The Morgan fingerprint density at radius 1 is 1.21 bits per heavy atom. The number of amides is 2. The summed E-state index contributed by atoms with van der Waals surface area (Å²) in [5.74, 6) is 0. The van der Waals surface area contributed by atoms with Crippen molar-refractivity contribution in [1.29, 1.82) is 0 Å². The molecule has 132 valence electrons. The highest BCUT2D eigenvalue weighted by atomic mass is 16.5. The standard InChI is InChI=1S/C19H29N3O2/c1-19(2)8-9-22(19)18(23)20-17(14-16-6-4-3-5-7-16)15-21-10-12-24-13-11-21/h3-7,17H,8-15H2,1-2H3,(H,20,23). The first-order chi connectivity index (χ1) is 11.5. The summed E-state index contributed by atoms with van der Waals surface area (Å²) in [6, 6.07) is 10.6. The second-order valence-electron chi connectivity index (χ2n) is 7.46. The van der Waals surface area contributed by atoms with Crippen molar-refractivity contribution in [2.75, 3.05) is 39.4 Å². The molecule has 1 unspecified atom stereocenters. The van der Waals surface area contributed by atoms with Crippen molar-refractivity contribution in [3.8, 4) is 0 Å². The van der Waals surface area contributed by atoms with Gasteiger partial charge in [-0.25, -0.2) is 4.79 Å². The molecular weight excluding hydrogens is 302 g/mol. The van der Waals surface area contributed by atoms with Crippen LogP contribution in [0.15, 0.2) is 30.3 Å². The van der Waals surface area contributed by atoms with Crippen LogP contribution in [-0.2, 0) is 11.2 Å². The summed E-state index contributed by atoms with van der Waals surface area (Å²) in [6.45, 7) is 9.43. The van der Waals surface area contributed by atoms with Gasteiger partial charge in [0.2, 0.25) is 0 Å². The Morgan fingerprint density at radius 3 is 2.50 bits per heavy atom. The van der Waals surface area contributed by atoms with Gasteiger partial charge in [0.05, 0.1) is 13.2 Å². The molecule has 5 heteroatoms. The van der Waals surface area contributed by atoms with Gasteiger partial charge in [0, 0.05) is 37.8 Å². The Hall–Kier alpha value is -1.59. The highest BCUT2D eigenvalue weighted by Crippen LogP contribution is 2.29. The maximum absolute atomic E-state index is 12.7. The minimum Gasteiger partial charge on any atom is -0.379 e. The predicted octanol–water partition coefficient (Wildman–Crippen LogP) is 2.12. The van der Waals surface area contributed by atoms with E-state index >= 15 is 0 Å². The second kappa shape index (κ2) is 7.53. The van der Waals surface area contributed by atoms with Crippen molar-refractivity contribution in [1.82, 2.24) is 15.1 Å². The zero-order chi connectivity index (χ0) is 17.0. The summed E-state index contributed by atoms with van der Waals surface area (Å²) in [5, 5.41) is 3.27. The van der Waals surface area contributed by atoms with Gasteiger partial charge in [-0.05, 0) is 32.3 Å².